The molecule has 26 valence electrons. The van der Waals surface area contributed by atoms with Crippen LogP contribution in [0.25, 0.3) is 0 Å². The fraction of sp³-hybridized carbons (Fsp3) is 0. The van der Waals surface area contributed by atoms with Crippen molar-refractivity contribution in [1.29, 1.82) is 0 Å². The van der Waals surface area contributed by atoms with E-state index in [1.807, 2.05) is 0 Å². The van der Waals surface area contributed by atoms with Gasteiger partial charge in [-0.3, -0.25) is 0 Å². The summed E-state index contributed by atoms with van der Waals surface area (Å²) in [4.78, 5) is 0. The van der Waals surface area contributed by atoms with Crippen molar-refractivity contribution in [3.05, 3.63) is 0 Å². The van der Waals surface area contributed by atoms with E-state index in [4.69, 9.17) is 5.21 Å². The Balaban J connectivity index is 0. The molecule has 0 unspecified atom stereocenters. The van der Waals surface area contributed by atoms with E-state index < -0.39 is 0 Å². The molecule has 0 heterocycles. The Kier molecular flexibility index (Phi) is 28.1. The van der Waals surface area contributed by atoms with Crippen LogP contribution < -0.4 is 0 Å². The molecular weight excluding hydrogens is 122 g/mol. The Bertz CT molecular complexity index is 15.5. The Morgan fingerprint density at radius 1 is 1.75 bits per heavy atom. The fourth-order valence-electron chi connectivity index (χ4n) is 0. The summed E-state index contributed by atoms with van der Waals surface area (Å²) in [6.07, 6.45) is 0. The first kappa shape index (κ1) is 9.04. The highest BCUT2D eigenvalue weighted by Crippen LogP contribution is 1.20. The lowest BCUT2D eigenvalue weighted by molar-refractivity contribution is 0.323. The summed E-state index contributed by atoms with van der Waals surface area (Å²) in [5.41, 5.74) is 0. The fourth-order valence-corrected chi connectivity index (χ4v) is 0. The normalized spacial score (nSPS) is 3.00. The van der Waals surface area contributed by atoms with Crippen molar-refractivity contribution in [2.75, 3.05) is 0 Å². The molecular formula is CH4BrNO. The van der Waals surface area contributed by atoms with Gasteiger partial charge in [-0.15, -0.1) is 22.1 Å². The molecule has 0 saturated heterocycles. The van der Waals surface area contributed by atoms with Crippen molar-refractivity contribution in [3.63, 3.8) is 0 Å². The number of hydrogen-bond donors (Lipinski definition) is 1. The van der Waals surface area contributed by atoms with Gasteiger partial charge in [-0.25, -0.2) is 0 Å². The molecule has 2 nitrogen and oxygen atoms in total. The molecule has 3 heteroatoms. The van der Waals surface area contributed by atoms with Crippen LogP contribution in [0.15, 0.2) is 5.16 Å². The number of oxime groups is 1. The van der Waals surface area contributed by atoms with Crippen molar-refractivity contribution in [2.45, 2.75) is 0 Å². The van der Waals surface area contributed by atoms with Crippen molar-refractivity contribution in [1.82, 2.24) is 0 Å². The maximum absolute atomic E-state index is 7.08. The monoisotopic (exact) mass is 125 g/mol. The SMILES string of the molecule is Br.C=NO. The minimum absolute atomic E-state index is 0. The Hall–Kier alpha value is -0.0500. The number of hydrogen-bond acceptors (Lipinski definition) is 2. The summed E-state index contributed by atoms with van der Waals surface area (Å²) >= 11 is 0. The Morgan fingerprint density at radius 2 is 1.75 bits per heavy atom. The lowest BCUT2D eigenvalue weighted by atomic mass is 11.8. The van der Waals surface area contributed by atoms with Crippen LogP contribution in [0.2, 0.25) is 0 Å². The maximum Gasteiger partial charge on any atom is 0.0298 e. The second-order valence-corrected chi connectivity index (χ2v) is 0.141. The van der Waals surface area contributed by atoms with Gasteiger partial charge in [0.25, 0.3) is 0 Å². The van der Waals surface area contributed by atoms with Crippen molar-refractivity contribution < 1.29 is 5.21 Å². The molecule has 0 aromatic rings. The van der Waals surface area contributed by atoms with Crippen LogP contribution in [-0.4, -0.2) is 11.9 Å². The molecule has 0 rings (SSSR count). The molecule has 0 aromatic carbocycles. The van der Waals surface area contributed by atoms with Gasteiger partial charge >= 0.3 is 0 Å². The van der Waals surface area contributed by atoms with E-state index in [9.17, 15) is 0 Å². The molecule has 0 spiro atoms. The Labute approximate surface area is 34.9 Å². The van der Waals surface area contributed by atoms with Crippen LogP contribution in [0, 0.1) is 0 Å². The smallest absolute Gasteiger partial charge is 0.0298 e. The van der Waals surface area contributed by atoms with Crippen molar-refractivity contribution >= 4 is 23.7 Å². The summed E-state index contributed by atoms with van der Waals surface area (Å²) in [5, 5.41) is 9.33. The van der Waals surface area contributed by atoms with Gasteiger partial charge < -0.3 is 5.21 Å². The third-order valence-corrected chi connectivity index (χ3v) is 0. The van der Waals surface area contributed by atoms with E-state index in [0.717, 1.165) is 0 Å². The molecule has 0 saturated carbocycles. The molecule has 0 aliphatic rings. The third-order valence-electron chi connectivity index (χ3n) is 0. The summed E-state index contributed by atoms with van der Waals surface area (Å²) < 4.78 is 0. The maximum atomic E-state index is 7.08. The van der Waals surface area contributed by atoms with Crippen LogP contribution in [0.3, 0.4) is 0 Å². The van der Waals surface area contributed by atoms with Gasteiger partial charge in [0.05, 0.1) is 0 Å². The second-order valence-electron chi connectivity index (χ2n) is 0.141. The van der Waals surface area contributed by atoms with E-state index in [2.05, 4.69) is 11.9 Å². The van der Waals surface area contributed by atoms with Crippen LogP contribution in [0.5, 0.6) is 0 Å². The Morgan fingerprint density at radius 3 is 1.75 bits per heavy atom. The van der Waals surface area contributed by atoms with Gasteiger partial charge in [0.2, 0.25) is 0 Å². The molecule has 1 N–H and O–H groups in total. The lowest BCUT2D eigenvalue weighted by Gasteiger charge is -1.43. The highest BCUT2D eigenvalue weighted by atomic mass is 79.9. The van der Waals surface area contributed by atoms with Crippen molar-refractivity contribution in [3.8, 4) is 0 Å². The molecule has 0 amide bonds. The highest BCUT2D eigenvalue weighted by molar-refractivity contribution is 8.93. The molecule has 0 radical (unpaired) electrons. The van der Waals surface area contributed by atoms with Crippen LogP contribution in [0.1, 0.15) is 0 Å². The number of nitrogens with zero attached hydrogens (tertiary/aromatic N) is 1. The minimum Gasteiger partial charge on any atom is -0.411 e. The predicted molar refractivity (Wildman–Crippen MR) is 21.7 cm³/mol. The average Bonchev–Trinajstić information content (AvgIpc) is 0.918. The van der Waals surface area contributed by atoms with E-state index >= 15 is 0 Å². The first-order valence-electron chi connectivity index (χ1n) is 0.516. The average molecular weight is 126 g/mol. The zero-order valence-corrected chi connectivity index (χ0v) is 3.72. The van der Waals surface area contributed by atoms with Crippen LogP contribution in [0.4, 0.5) is 0 Å². The standard InChI is InChI=1S/CH3NO.BrH/c1-2-3;/h3H,1H2;1H. The van der Waals surface area contributed by atoms with Gasteiger partial charge in [0, 0.05) is 6.72 Å². The summed E-state index contributed by atoms with van der Waals surface area (Å²) in [7, 11) is 0. The topological polar surface area (TPSA) is 32.6 Å². The summed E-state index contributed by atoms with van der Waals surface area (Å²) in [5.74, 6) is 0. The van der Waals surface area contributed by atoms with Gasteiger partial charge in [0.1, 0.15) is 0 Å². The quantitative estimate of drug-likeness (QED) is 0.288. The third kappa shape index (κ3) is 704. The van der Waals surface area contributed by atoms with Crippen molar-refractivity contribution in [2.24, 2.45) is 5.16 Å². The summed E-state index contributed by atoms with van der Waals surface area (Å²) in [6, 6.07) is 0. The van der Waals surface area contributed by atoms with E-state index in [-0.39, 0.29) is 17.0 Å². The minimum atomic E-state index is 0. The van der Waals surface area contributed by atoms with E-state index in [1.54, 1.807) is 0 Å². The molecule has 0 aliphatic heterocycles. The molecule has 0 fully saturated rings. The predicted octanol–water partition coefficient (Wildman–Crippen LogP) is 0.654. The molecule has 0 bridgehead atoms. The van der Waals surface area contributed by atoms with Gasteiger partial charge in [-0.2, -0.15) is 0 Å². The van der Waals surface area contributed by atoms with Crippen LogP contribution >= 0.6 is 17.0 Å². The molecule has 0 atom stereocenters. The lowest BCUT2D eigenvalue weighted by Crippen LogP contribution is -1.30. The molecule has 0 aliphatic carbocycles. The summed E-state index contributed by atoms with van der Waals surface area (Å²) in [6.45, 7) is 2.67. The zero-order valence-electron chi connectivity index (χ0n) is 2.01. The zero-order chi connectivity index (χ0) is 2.71. The first-order valence-corrected chi connectivity index (χ1v) is 0.516. The first-order chi connectivity index (χ1) is 1.41. The second kappa shape index (κ2) is 12.4. The molecule has 4 heavy (non-hydrogen) atoms. The van der Waals surface area contributed by atoms with E-state index in [1.165, 1.54) is 0 Å². The largest absolute Gasteiger partial charge is 0.411 e. The van der Waals surface area contributed by atoms with E-state index in [0.29, 0.717) is 0 Å². The number of rotatable bonds is 0. The van der Waals surface area contributed by atoms with Crippen LogP contribution in [-0.2, 0) is 0 Å². The van der Waals surface area contributed by atoms with Gasteiger partial charge in [-0.05, 0) is 0 Å². The van der Waals surface area contributed by atoms with Gasteiger partial charge in [0.15, 0.2) is 0 Å². The molecule has 0 aromatic heterocycles. The highest BCUT2D eigenvalue weighted by Gasteiger charge is 1.06. The van der Waals surface area contributed by atoms with Gasteiger partial charge in [-0.1, -0.05) is 0 Å². The number of halogens is 1.